The van der Waals surface area contributed by atoms with Crippen LogP contribution in [-0.4, -0.2) is 24.5 Å². The molecule has 0 aromatic heterocycles. The summed E-state index contributed by atoms with van der Waals surface area (Å²) in [6.45, 7) is 4.26. The van der Waals surface area contributed by atoms with Crippen molar-refractivity contribution in [2.75, 3.05) is 6.54 Å². The molecule has 0 aliphatic carbocycles. The molecule has 126 valence electrons. The molecule has 24 heavy (non-hydrogen) atoms. The topological polar surface area (TPSA) is 64.6 Å². The van der Waals surface area contributed by atoms with Crippen molar-refractivity contribution in [3.63, 3.8) is 0 Å². The van der Waals surface area contributed by atoms with Crippen molar-refractivity contribution in [2.45, 2.75) is 26.6 Å². The first-order valence-electron chi connectivity index (χ1n) is 7.85. The van der Waals surface area contributed by atoms with Gasteiger partial charge in [0.05, 0.1) is 5.56 Å². The van der Waals surface area contributed by atoms with Crippen molar-refractivity contribution >= 4 is 11.9 Å². The average molecular weight is 327 g/mol. The molecule has 0 spiro atoms. The largest absolute Gasteiger partial charge is 0.489 e. The third kappa shape index (κ3) is 5.12. The number of hydrogen-bond acceptors (Lipinski definition) is 4. The molecule has 1 atom stereocenters. The Morgan fingerprint density at radius 3 is 2.33 bits per heavy atom. The van der Waals surface area contributed by atoms with E-state index in [0.29, 0.717) is 18.7 Å². The molecule has 5 heteroatoms. The van der Waals surface area contributed by atoms with Crippen molar-refractivity contribution in [3.05, 3.63) is 65.7 Å². The van der Waals surface area contributed by atoms with Crippen LogP contribution in [0.3, 0.4) is 0 Å². The predicted octanol–water partition coefficient (Wildman–Crippen LogP) is 2.95. The molecule has 0 heterocycles. The highest BCUT2D eigenvalue weighted by Crippen LogP contribution is 2.13. The Hall–Kier alpha value is -2.82. The molecule has 1 amide bonds. The minimum atomic E-state index is -0.821. The van der Waals surface area contributed by atoms with Crippen molar-refractivity contribution in [2.24, 2.45) is 0 Å². The number of hydrogen-bond donors (Lipinski definition) is 1. The second-order valence-corrected chi connectivity index (χ2v) is 5.24. The summed E-state index contributed by atoms with van der Waals surface area (Å²) >= 11 is 0. The fourth-order valence-corrected chi connectivity index (χ4v) is 2.02. The highest BCUT2D eigenvalue weighted by atomic mass is 16.5. The van der Waals surface area contributed by atoms with E-state index in [1.807, 2.05) is 37.3 Å². The lowest BCUT2D eigenvalue weighted by atomic mass is 10.1. The third-order valence-corrected chi connectivity index (χ3v) is 3.34. The van der Waals surface area contributed by atoms with Crippen LogP contribution in [0.4, 0.5) is 0 Å². The van der Waals surface area contributed by atoms with Gasteiger partial charge >= 0.3 is 5.97 Å². The smallest absolute Gasteiger partial charge is 0.338 e. The van der Waals surface area contributed by atoms with E-state index in [-0.39, 0.29) is 5.91 Å². The first-order chi connectivity index (χ1) is 11.6. The molecule has 5 nitrogen and oxygen atoms in total. The maximum Gasteiger partial charge on any atom is 0.338 e. The standard InChI is InChI=1S/C19H21NO4/c1-3-20-18(21)14(2)24-19(22)16-11-9-15(10-12-16)13-23-17-7-5-4-6-8-17/h4-12,14H,3,13H2,1-2H3,(H,20,21)/t14-/m0/s1. The molecule has 0 aliphatic heterocycles. The highest BCUT2D eigenvalue weighted by Gasteiger charge is 2.18. The van der Waals surface area contributed by atoms with Crippen LogP contribution in [0.1, 0.15) is 29.8 Å². The van der Waals surface area contributed by atoms with Crippen LogP contribution in [0.5, 0.6) is 5.75 Å². The predicted molar refractivity (Wildman–Crippen MR) is 90.8 cm³/mol. The maximum atomic E-state index is 12.0. The summed E-state index contributed by atoms with van der Waals surface area (Å²) in [6, 6.07) is 16.4. The Labute approximate surface area is 141 Å². The normalized spacial score (nSPS) is 11.4. The minimum absolute atomic E-state index is 0.307. The van der Waals surface area contributed by atoms with Crippen molar-refractivity contribution in [1.82, 2.24) is 5.32 Å². The molecule has 2 aromatic rings. The number of esters is 1. The van der Waals surface area contributed by atoms with Crippen LogP contribution in [0.2, 0.25) is 0 Å². The molecule has 0 saturated carbocycles. The van der Waals surface area contributed by atoms with Gasteiger partial charge in [0.1, 0.15) is 12.4 Å². The van der Waals surface area contributed by atoms with E-state index in [0.717, 1.165) is 11.3 Å². The zero-order valence-corrected chi connectivity index (χ0v) is 13.8. The van der Waals surface area contributed by atoms with E-state index in [9.17, 15) is 9.59 Å². The molecular formula is C19H21NO4. The van der Waals surface area contributed by atoms with Gasteiger partial charge in [0, 0.05) is 6.54 Å². The fraction of sp³-hybridized carbons (Fsp3) is 0.263. The van der Waals surface area contributed by atoms with E-state index in [2.05, 4.69) is 5.32 Å². The number of carbonyl (C=O) groups excluding carboxylic acids is 2. The lowest BCUT2D eigenvalue weighted by Crippen LogP contribution is -2.35. The molecule has 0 aliphatic rings. The summed E-state index contributed by atoms with van der Waals surface area (Å²) in [5, 5.41) is 2.61. The maximum absolute atomic E-state index is 12.0. The Bertz CT molecular complexity index is 668. The van der Waals surface area contributed by atoms with Crippen molar-refractivity contribution in [3.8, 4) is 5.75 Å². The van der Waals surface area contributed by atoms with Crippen molar-refractivity contribution in [1.29, 1.82) is 0 Å². The van der Waals surface area contributed by atoms with Gasteiger partial charge in [-0.3, -0.25) is 4.79 Å². The Morgan fingerprint density at radius 2 is 1.71 bits per heavy atom. The van der Waals surface area contributed by atoms with E-state index in [4.69, 9.17) is 9.47 Å². The quantitative estimate of drug-likeness (QED) is 0.794. The van der Waals surface area contributed by atoms with E-state index in [1.165, 1.54) is 0 Å². The molecule has 0 fully saturated rings. The SMILES string of the molecule is CCNC(=O)[C@H](C)OC(=O)c1ccc(COc2ccccc2)cc1. The Kier molecular flexibility index (Phi) is 6.37. The fourth-order valence-electron chi connectivity index (χ4n) is 2.02. The molecule has 2 rings (SSSR count). The van der Waals surface area contributed by atoms with Crippen LogP contribution in [0.25, 0.3) is 0 Å². The second-order valence-electron chi connectivity index (χ2n) is 5.24. The Morgan fingerprint density at radius 1 is 1.04 bits per heavy atom. The van der Waals surface area contributed by atoms with Crippen LogP contribution in [-0.2, 0) is 16.1 Å². The second kappa shape index (κ2) is 8.72. The molecular weight excluding hydrogens is 306 g/mol. The number of likely N-dealkylation sites (N-methyl/N-ethyl adjacent to an activating group) is 1. The van der Waals surface area contributed by atoms with Gasteiger partial charge in [0.15, 0.2) is 6.10 Å². The van der Waals surface area contributed by atoms with E-state index >= 15 is 0 Å². The van der Waals surface area contributed by atoms with Gasteiger partial charge in [-0.15, -0.1) is 0 Å². The first-order valence-corrected chi connectivity index (χ1v) is 7.85. The number of benzene rings is 2. The monoisotopic (exact) mass is 327 g/mol. The molecule has 1 N–H and O–H groups in total. The van der Waals surface area contributed by atoms with E-state index in [1.54, 1.807) is 31.2 Å². The average Bonchev–Trinajstić information content (AvgIpc) is 2.61. The highest BCUT2D eigenvalue weighted by molar-refractivity contribution is 5.92. The van der Waals surface area contributed by atoms with Crippen LogP contribution in [0.15, 0.2) is 54.6 Å². The van der Waals surface area contributed by atoms with Gasteiger partial charge in [-0.1, -0.05) is 30.3 Å². The van der Waals surface area contributed by atoms with Gasteiger partial charge in [-0.25, -0.2) is 4.79 Å². The first kappa shape index (κ1) is 17.5. The van der Waals surface area contributed by atoms with Gasteiger partial charge in [-0.05, 0) is 43.7 Å². The van der Waals surface area contributed by atoms with Crippen LogP contribution in [0, 0.1) is 0 Å². The van der Waals surface area contributed by atoms with Gasteiger partial charge in [-0.2, -0.15) is 0 Å². The zero-order chi connectivity index (χ0) is 17.4. The van der Waals surface area contributed by atoms with Crippen LogP contribution >= 0.6 is 0 Å². The molecule has 0 saturated heterocycles. The summed E-state index contributed by atoms with van der Waals surface area (Å²) in [5.74, 6) is -0.0419. The summed E-state index contributed by atoms with van der Waals surface area (Å²) in [6.07, 6.45) is -0.821. The molecule has 0 unspecified atom stereocenters. The Balaban J connectivity index is 1.89. The lowest BCUT2D eigenvalue weighted by Gasteiger charge is -2.13. The van der Waals surface area contributed by atoms with Crippen LogP contribution < -0.4 is 10.1 Å². The van der Waals surface area contributed by atoms with Gasteiger partial charge in [0.2, 0.25) is 0 Å². The summed E-state index contributed by atoms with van der Waals surface area (Å²) < 4.78 is 10.8. The third-order valence-electron chi connectivity index (χ3n) is 3.34. The molecule has 0 radical (unpaired) electrons. The number of amides is 1. The number of rotatable bonds is 7. The summed E-state index contributed by atoms with van der Waals surface area (Å²) in [4.78, 5) is 23.6. The molecule has 0 bridgehead atoms. The van der Waals surface area contributed by atoms with E-state index < -0.39 is 12.1 Å². The number of ether oxygens (including phenoxy) is 2. The van der Waals surface area contributed by atoms with Gasteiger partial charge < -0.3 is 14.8 Å². The summed E-state index contributed by atoms with van der Waals surface area (Å²) in [5.41, 5.74) is 1.33. The lowest BCUT2D eigenvalue weighted by molar-refractivity contribution is -0.128. The van der Waals surface area contributed by atoms with Gasteiger partial charge in [0.25, 0.3) is 5.91 Å². The molecule has 2 aromatic carbocycles. The summed E-state index contributed by atoms with van der Waals surface area (Å²) in [7, 11) is 0. The number of para-hydroxylation sites is 1. The minimum Gasteiger partial charge on any atom is -0.489 e. The zero-order valence-electron chi connectivity index (χ0n) is 13.8. The number of carbonyl (C=O) groups is 2. The number of nitrogens with one attached hydrogen (secondary N) is 1. The van der Waals surface area contributed by atoms with Crippen molar-refractivity contribution < 1.29 is 19.1 Å².